The molecule has 0 amide bonds. The van der Waals surface area contributed by atoms with Crippen molar-refractivity contribution >= 4 is 0 Å². The summed E-state index contributed by atoms with van der Waals surface area (Å²) in [5, 5.41) is 3.29. The molecule has 0 saturated heterocycles. The van der Waals surface area contributed by atoms with Gasteiger partial charge < -0.3 is 10.1 Å². The number of benzene rings is 1. The molecular formula is C14H23NO. The van der Waals surface area contributed by atoms with Crippen LogP contribution in [-0.2, 0) is 0 Å². The Labute approximate surface area is 99.0 Å². The van der Waals surface area contributed by atoms with Crippen molar-refractivity contribution < 1.29 is 4.74 Å². The molecular weight excluding hydrogens is 198 g/mol. The summed E-state index contributed by atoms with van der Waals surface area (Å²) in [6, 6.07) is 4.35. The summed E-state index contributed by atoms with van der Waals surface area (Å²) in [5.41, 5.74) is 3.77. The molecule has 1 aromatic carbocycles. The smallest absolute Gasteiger partial charge is 0.125 e. The maximum atomic E-state index is 5.83. The molecule has 0 aliphatic carbocycles. The van der Waals surface area contributed by atoms with Gasteiger partial charge in [-0.25, -0.2) is 0 Å². The molecule has 0 saturated carbocycles. The normalized spacial score (nSPS) is 10.5. The third kappa shape index (κ3) is 3.86. The van der Waals surface area contributed by atoms with E-state index in [0.717, 1.165) is 31.9 Å². The fourth-order valence-electron chi connectivity index (χ4n) is 1.94. The van der Waals surface area contributed by atoms with Gasteiger partial charge in [0.2, 0.25) is 0 Å². The van der Waals surface area contributed by atoms with Crippen molar-refractivity contribution in [2.24, 2.45) is 0 Å². The third-order valence-corrected chi connectivity index (χ3v) is 2.60. The standard InChI is InChI=1S/C14H23NO/c1-5-15-7-6-8-16-14-12(3)9-11(2)10-13(14)4/h9-10,15H,5-8H2,1-4H3. The number of ether oxygens (including phenoxy) is 1. The fourth-order valence-corrected chi connectivity index (χ4v) is 1.94. The first-order valence-corrected chi connectivity index (χ1v) is 6.06. The van der Waals surface area contributed by atoms with Crippen LogP contribution < -0.4 is 10.1 Å². The summed E-state index contributed by atoms with van der Waals surface area (Å²) in [6.07, 6.45) is 1.06. The first kappa shape index (κ1) is 13.0. The maximum Gasteiger partial charge on any atom is 0.125 e. The van der Waals surface area contributed by atoms with Gasteiger partial charge in [0.15, 0.2) is 0 Å². The van der Waals surface area contributed by atoms with Crippen molar-refractivity contribution in [3.05, 3.63) is 28.8 Å². The molecule has 2 heteroatoms. The lowest BCUT2D eigenvalue weighted by molar-refractivity contribution is 0.304. The van der Waals surface area contributed by atoms with Crippen molar-refractivity contribution in [1.82, 2.24) is 5.32 Å². The lowest BCUT2D eigenvalue weighted by atomic mass is 10.1. The van der Waals surface area contributed by atoms with Crippen molar-refractivity contribution in [3.8, 4) is 5.75 Å². The second-order valence-corrected chi connectivity index (χ2v) is 4.28. The SMILES string of the molecule is CCNCCCOc1c(C)cc(C)cc1C. The molecule has 16 heavy (non-hydrogen) atoms. The molecule has 1 rings (SSSR count). The van der Waals surface area contributed by atoms with Gasteiger partial charge in [-0.3, -0.25) is 0 Å². The third-order valence-electron chi connectivity index (χ3n) is 2.60. The van der Waals surface area contributed by atoms with Crippen LogP contribution in [0.1, 0.15) is 30.0 Å². The van der Waals surface area contributed by atoms with E-state index in [2.05, 4.69) is 45.1 Å². The van der Waals surface area contributed by atoms with Gasteiger partial charge in [-0.05, 0) is 51.4 Å². The summed E-state index contributed by atoms with van der Waals surface area (Å²) >= 11 is 0. The van der Waals surface area contributed by atoms with Crippen LogP contribution in [-0.4, -0.2) is 19.7 Å². The molecule has 0 fully saturated rings. The number of hydrogen-bond donors (Lipinski definition) is 1. The molecule has 0 heterocycles. The summed E-state index contributed by atoms with van der Waals surface area (Å²) < 4.78 is 5.83. The highest BCUT2D eigenvalue weighted by Gasteiger charge is 2.04. The molecule has 90 valence electrons. The zero-order valence-electron chi connectivity index (χ0n) is 10.9. The number of rotatable bonds is 6. The van der Waals surface area contributed by atoms with Gasteiger partial charge in [-0.15, -0.1) is 0 Å². The molecule has 0 aliphatic rings. The Morgan fingerprint density at radius 3 is 2.31 bits per heavy atom. The minimum Gasteiger partial charge on any atom is -0.493 e. The molecule has 0 bridgehead atoms. The topological polar surface area (TPSA) is 21.3 Å². The van der Waals surface area contributed by atoms with E-state index >= 15 is 0 Å². The van der Waals surface area contributed by atoms with Crippen LogP contribution in [0.5, 0.6) is 5.75 Å². The van der Waals surface area contributed by atoms with Crippen molar-refractivity contribution in [2.75, 3.05) is 19.7 Å². The van der Waals surface area contributed by atoms with Gasteiger partial charge in [-0.1, -0.05) is 24.6 Å². The van der Waals surface area contributed by atoms with Crippen molar-refractivity contribution in [1.29, 1.82) is 0 Å². The van der Waals surface area contributed by atoms with E-state index in [1.807, 2.05) is 0 Å². The van der Waals surface area contributed by atoms with Crippen LogP contribution in [0.4, 0.5) is 0 Å². The Bertz CT molecular complexity index is 311. The Hall–Kier alpha value is -1.02. The number of nitrogens with one attached hydrogen (secondary N) is 1. The van der Waals surface area contributed by atoms with Gasteiger partial charge in [0, 0.05) is 0 Å². The lowest BCUT2D eigenvalue weighted by Crippen LogP contribution is -2.16. The molecule has 1 N–H and O–H groups in total. The molecule has 0 aliphatic heterocycles. The number of aryl methyl sites for hydroxylation is 3. The van der Waals surface area contributed by atoms with E-state index in [4.69, 9.17) is 4.74 Å². The van der Waals surface area contributed by atoms with Gasteiger partial charge in [0.05, 0.1) is 6.61 Å². The second-order valence-electron chi connectivity index (χ2n) is 4.28. The minimum absolute atomic E-state index is 0.789. The van der Waals surface area contributed by atoms with Crippen LogP contribution in [0.2, 0.25) is 0 Å². The monoisotopic (exact) mass is 221 g/mol. The zero-order chi connectivity index (χ0) is 12.0. The van der Waals surface area contributed by atoms with E-state index < -0.39 is 0 Å². The highest BCUT2D eigenvalue weighted by molar-refractivity contribution is 5.42. The van der Waals surface area contributed by atoms with Crippen molar-refractivity contribution in [2.45, 2.75) is 34.1 Å². The predicted molar refractivity (Wildman–Crippen MR) is 69.3 cm³/mol. The molecule has 0 radical (unpaired) electrons. The van der Waals surface area contributed by atoms with Gasteiger partial charge in [0.25, 0.3) is 0 Å². The quantitative estimate of drug-likeness (QED) is 0.746. The van der Waals surface area contributed by atoms with Gasteiger partial charge in [0.1, 0.15) is 5.75 Å². The van der Waals surface area contributed by atoms with Crippen LogP contribution in [0, 0.1) is 20.8 Å². The summed E-state index contributed by atoms with van der Waals surface area (Å²) in [4.78, 5) is 0. The van der Waals surface area contributed by atoms with Crippen LogP contribution >= 0.6 is 0 Å². The highest BCUT2D eigenvalue weighted by Crippen LogP contribution is 2.24. The average Bonchev–Trinajstić information content (AvgIpc) is 2.20. The summed E-state index contributed by atoms with van der Waals surface area (Å²) in [6.45, 7) is 11.3. The van der Waals surface area contributed by atoms with Crippen molar-refractivity contribution in [3.63, 3.8) is 0 Å². The minimum atomic E-state index is 0.789. The molecule has 1 aromatic rings. The van der Waals surface area contributed by atoms with Gasteiger partial charge >= 0.3 is 0 Å². The fraction of sp³-hybridized carbons (Fsp3) is 0.571. The molecule has 0 unspecified atom stereocenters. The Morgan fingerprint density at radius 2 is 1.75 bits per heavy atom. The predicted octanol–water partition coefficient (Wildman–Crippen LogP) is 2.99. The van der Waals surface area contributed by atoms with E-state index in [9.17, 15) is 0 Å². The van der Waals surface area contributed by atoms with E-state index in [-0.39, 0.29) is 0 Å². The first-order chi connectivity index (χ1) is 7.65. The zero-order valence-corrected chi connectivity index (χ0v) is 10.9. The number of hydrogen-bond acceptors (Lipinski definition) is 2. The summed E-state index contributed by atoms with van der Waals surface area (Å²) in [5.74, 6) is 1.06. The Morgan fingerprint density at radius 1 is 1.12 bits per heavy atom. The first-order valence-electron chi connectivity index (χ1n) is 6.06. The Kier molecular flexibility index (Phi) is 5.33. The molecule has 0 atom stereocenters. The van der Waals surface area contributed by atoms with E-state index in [1.165, 1.54) is 16.7 Å². The maximum absolute atomic E-state index is 5.83. The van der Waals surface area contributed by atoms with E-state index in [0.29, 0.717) is 0 Å². The second kappa shape index (κ2) is 6.54. The average molecular weight is 221 g/mol. The van der Waals surface area contributed by atoms with Crippen LogP contribution in [0.3, 0.4) is 0 Å². The lowest BCUT2D eigenvalue weighted by Gasteiger charge is -2.13. The van der Waals surface area contributed by atoms with E-state index in [1.54, 1.807) is 0 Å². The Balaban J connectivity index is 2.47. The molecule has 0 spiro atoms. The van der Waals surface area contributed by atoms with Gasteiger partial charge in [-0.2, -0.15) is 0 Å². The van der Waals surface area contributed by atoms with Crippen LogP contribution in [0.25, 0.3) is 0 Å². The van der Waals surface area contributed by atoms with Crippen LogP contribution in [0.15, 0.2) is 12.1 Å². The highest BCUT2D eigenvalue weighted by atomic mass is 16.5. The summed E-state index contributed by atoms with van der Waals surface area (Å²) in [7, 11) is 0. The molecule has 0 aromatic heterocycles. The molecule has 2 nitrogen and oxygen atoms in total. The largest absolute Gasteiger partial charge is 0.493 e.